The molecule has 0 radical (unpaired) electrons. The van der Waals surface area contributed by atoms with Crippen LogP contribution >= 0.6 is 0 Å². The molecule has 3 aliphatic rings. The quantitative estimate of drug-likeness (QED) is 0.821. The SMILES string of the molecule is CC1=C(C)N2C(=NC3C2C(=O)N(CC(N)=O)C(=O)N3C)N1c1ccc(F)cc1. The van der Waals surface area contributed by atoms with E-state index in [1.54, 1.807) is 17.0 Å². The van der Waals surface area contributed by atoms with Gasteiger partial charge in [-0.2, -0.15) is 0 Å². The summed E-state index contributed by atoms with van der Waals surface area (Å²) in [5, 5.41) is 0. The van der Waals surface area contributed by atoms with E-state index in [-0.39, 0.29) is 5.82 Å². The number of primary amides is 1. The molecule has 3 heterocycles. The molecule has 2 unspecified atom stereocenters. The Bertz CT molecular complexity index is 957. The smallest absolute Gasteiger partial charge is 0.328 e. The summed E-state index contributed by atoms with van der Waals surface area (Å²) in [6.07, 6.45) is -0.731. The van der Waals surface area contributed by atoms with E-state index >= 15 is 0 Å². The minimum Gasteiger partial charge on any atom is -0.368 e. The summed E-state index contributed by atoms with van der Waals surface area (Å²) in [5.74, 6) is -1.18. The van der Waals surface area contributed by atoms with Crippen molar-refractivity contribution in [3.05, 3.63) is 41.5 Å². The van der Waals surface area contributed by atoms with Crippen molar-refractivity contribution in [3.63, 3.8) is 0 Å². The second-order valence-electron chi connectivity index (χ2n) is 6.92. The van der Waals surface area contributed by atoms with Crippen molar-refractivity contribution >= 4 is 29.5 Å². The van der Waals surface area contributed by atoms with Crippen LogP contribution in [0.25, 0.3) is 0 Å². The van der Waals surface area contributed by atoms with Gasteiger partial charge in [-0.15, -0.1) is 0 Å². The lowest BCUT2D eigenvalue weighted by atomic mass is 10.1. The first kappa shape index (κ1) is 18.0. The fourth-order valence-electron chi connectivity index (χ4n) is 3.81. The maximum absolute atomic E-state index is 13.3. The number of nitrogens with two attached hydrogens (primary N) is 1. The third-order valence-corrected chi connectivity index (χ3v) is 5.29. The zero-order valence-electron chi connectivity index (χ0n) is 15.6. The molecule has 0 bridgehead atoms. The highest BCUT2D eigenvalue weighted by Crippen LogP contribution is 2.39. The summed E-state index contributed by atoms with van der Waals surface area (Å²) < 4.78 is 13.3. The van der Waals surface area contributed by atoms with Crippen LogP contribution in [0.1, 0.15) is 13.8 Å². The van der Waals surface area contributed by atoms with Crippen molar-refractivity contribution in [2.45, 2.75) is 26.1 Å². The number of hydrogen-bond donors (Lipinski definition) is 1. The van der Waals surface area contributed by atoms with Crippen LogP contribution in [-0.4, -0.2) is 64.3 Å². The maximum Gasteiger partial charge on any atom is 0.328 e. The molecule has 0 aliphatic carbocycles. The lowest BCUT2D eigenvalue weighted by Crippen LogP contribution is -2.65. The van der Waals surface area contributed by atoms with Crippen LogP contribution in [0.5, 0.6) is 0 Å². The number of urea groups is 1. The number of aliphatic imine (C=N–C) groups is 1. The van der Waals surface area contributed by atoms with E-state index in [0.717, 1.165) is 16.3 Å². The summed E-state index contributed by atoms with van der Waals surface area (Å²) in [7, 11) is 1.53. The Labute approximate surface area is 160 Å². The van der Waals surface area contributed by atoms with E-state index in [4.69, 9.17) is 5.73 Å². The van der Waals surface area contributed by atoms with Crippen LogP contribution in [0.2, 0.25) is 0 Å². The molecule has 10 heteroatoms. The van der Waals surface area contributed by atoms with E-state index in [2.05, 4.69) is 4.99 Å². The third kappa shape index (κ3) is 2.37. The Morgan fingerprint density at radius 3 is 2.43 bits per heavy atom. The van der Waals surface area contributed by atoms with Crippen molar-refractivity contribution in [3.8, 4) is 0 Å². The number of halogens is 1. The Hall–Kier alpha value is -3.43. The van der Waals surface area contributed by atoms with Crippen molar-refractivity contribution in [2.24, 2.45) is 10.7 Å². The minimum atomic E-state index is -0.794. The van der Waals surface area contributed by atoms with Gasteiger partial charge in [0.15, 0.2) is 12.2 Å². The second kappa shape index (κ2) is 6.04. The zero-order chi connectivity index (χ0) is 20.3. The van der Waals surface area contributed by atoms with E-state index in [0.29, 0.717) is 11.6 Å². The minimum absolute atomic E-state index is 0.359. The highest BCUT2D eigenvalue weighted by Gasteiger charge is 2.56. The van der Waals surface area contributed by atoms with Gasteiger partial charge in [-0.3, -0.25) is 24.3 Å². The van der Waals surface area contributed by atoms with Crippen molar-refractivity contribution in [1.29, 1.82) is 0 Å². The number of anilines is 1. The monoisotopic (exact) mass is 386 g/mol. The number of nitrogens with zero attached hydrogens (tertiary/aromatic N) is 5. The number of likely N-dealkylation sites (N-methyl/N-ethyl adjacent to an activating group) is 1. The number of benzene rings is 1. The number of fused-ring (bicyclic) bond motifs is 3. The van der Waals surface area contributed by atoms with E-state index < -0.39 is 36.6 Å². The van der Waals surface area contributed by atoms with Gasteiger partial charge < -0.3 is 10.6 Å². The average Bonchev–Trinajstić information content (AvgIpc) is 3.14. The van der Waals surface area contributed by atoms with Crippen molar-refractivity contribution in [1.82, 2.24) is 14.7 Å². The highest BCUT2D eigenvalue weighted by atomic mass is 19.1. The van der Waals surface area contributed by atoms with Gasteiger partial charge in [-0.25, -0.2) is 14.2 Å². The van der Waals surface area contributed by atoms with Crippen LogP contribution in [0.3, 0.4) is 0 Å². The standard InChI is InChI=1S/C18H19FN6O3/c1-9-10(2)25-14-15(22(3)18(28)23(16(14)27)8-13(20)26)21-17(25)24(9)12-6-4-11(19)5-7-12/h4-7,14-15H,8H2,1-3H3,(H2,20,26). The van der Waals surface area contributed by atoms with Crippen molar-refractivity contribution < 1.29 is 18.8 Å². The fourth-order valence-corrected chi connectivity index (χ4v) is 3.81. The molecule has 2 N–H and O–H groups in total. The lowest BCUT2D eigenvalue weighted by molar-refractivity contribution is -0.139. The highest BCUT2D eigenvalue weighted by molar-refractivity contribution is 6.11. The molecule has 2 atom stereocenters. The summed E-state index contributed by atoms with van der Waals surface area (Å²) in [6.45, 7) is 3.23. The van der Waals surface area contributed by atoms with Gasteiger partial charge >= 0.3 is 6.03 Å². The van der Waals surface area contributed by atoms with Crippen molar-refractivity contribution in [2.75, 3.05) is 18.5 Å². The number of hydrogen-bond acceptors (Lipinski definition) is 6. The van der Waals surface area contributed by atoms with Crippen LogP contribution < -0.4 is 10.6 Å². The van der Waals surface area contributed by atoms with Gasteiger partial charge in [0.1, 0.15) is 12.4 Å². The molecular formula is C18H19FN6O3. The number of carbonyl (C=O) groups is 3. The van der Waals surface area contributed by atoms with Gasteiger partial charge in [-0.1, -0.05) is 0 Å². The molecular weight excluding hydrogens is 367 g/mol. The van der Waals surface area contributed by atoms with Crippen LogP contribution in [0.4, 0.5) is 14.9 Å². The number of amides is 4. The first-order chi connectivity index (χ1) is 13.2. The van der Waals surface area contributed by atoms with Crippen LogP contribution in [0.15, 0.2) is 40.7 Å². The predicted octanol–water partition coefficient (Wildman–Crippen LogP) is 0.643. The molecule has 1 aromatic carbocycles. The lowest BCUT2D eigenvalue weighted by Gasteiger charge is -2.40. The van der Waals surface area contributed by atoms with Gasteiger partial charge in [0.2, 0.25) is 11.9 Å². The first-order valence-corrected chi connectivity index (χ1v) is 8.69. The zero-order valence-corrected chi connectivity index (χ0v) is 15.6. The summed E-state index contributed by atoms with van der Waals surface area (Å²) in [6, 6.07) is 4.52. The van der Waals surface area contributed by atoms with E-state index in [1.807, 2.05) is 18.7 Å². The average molecular weight is 386 g/mol. The molecule has 28 heavy (non-hydrogen) atoms. The third-order valence-electron chi connectivity index (χ3n) is 5.29. The maximum atomic E-state index is 13.3. The topological polar surface area (TPSA) is 103 Å². The normalized spacial score (nSPS) is 24.1. The molecule has 1 saturated heterocycles. The Morgan fingerprint density at radius 2 is 1.82 bits per heavy atom. The Morgan fingerprint density at radius 1 is 1.18 bits per heavy atom. The second-order valence-corrected chi connectivity index (χ2v) is 6.92. The summed E-state index contributed by atoms with van der Waals surface area (Å²) in [4.78, 5) is 47.3. The molecule has 1 fully saturated rings. The molecule has 0 saturated carbocycles. The van der Waals surface area contributed by atoms with Gasteiger partial charge in [0.05, 0.1) is 0 Å². The first-order valence-electron chi connectivity index (χ1n) is 8.69. The number of rotatable bonds is 3. The number of carbonyl (C=O) groups excluding carboxylic acids is 3. The Kier molecular flexibility index (Phi) is 3.88. The molecule has 146 valence electrons. The van der Waals surface area contributed by atoms with Gasteiger partial charge in [0.25, 0.3) is 5.91 Å². The number of allylic oxidation sites excluding steroid dienone is 2. The van der Waals surface area contributed by atoms with Crippen LogP contribution in [-0.2, 0) is 9.59 Å². The summed E-state index contributed by atoms with van der Waals surface area (Å²) >= 11 is 0. The van der Waals surface area contributed by atoms with Gasteiger partial charge in [0, 0.05) is 24.1 Å². The molecule has 4 amide bonds. The molecule has 0 aromatic heterocycles. The summed E-state index contributed by atoms with van der Waals surface area (Å²) in [5.41, 5.74) is 7.51. The molecule has 3 aliphatic heterocycles. The van der Waals surface area contributed by atoms with Crippen LogP contribution in [0, 0.1) is 5.82 Å². The molecule has 4 rings (SSSR count). The fraction of sp³-hybridized carbons (Fsp3) is 0.333. The predicted molar refractivity (Wildman–Crippen MR) is 98.2 cm³/mol. The van der Waals surface area contributed by atoms with E-state index in [9.17, 15) is 18.8 Å². The largest absolute Gasteiger partial charge is 0.368 e. The number of imide groups is 1. The number of guanidine groups is 1. The van der Waals surface area contributed by atoms with Gasteiger partial charge in [-0.05, 0) is 38.1 Å². The van der Waals surface area contributed by atoms with E-state index in [1.165, 1.54) is 24.1 Å². The Balaban J connectivity index is 1.76. The molecule has 9 nitrogen and oxygen atoms in total. The molecule has 0 spiro atoms. The molecule has 1 aromatic rings.